The van der Waals surface area contributed by atoms with E-state index in [1.165, 1.54) is 12.3 Å². The Hall–Kier alpha value is -3.94. The molecule has 3 aliphatic rings. The third kappa shape index (κ3) is 5.58. The van der Waals surface area contributed by atoms with Gasteiger partial charge < -0.3 is 19.7 Å². The molecule has 5 rings (SSSR count). The monoisotopic (exact) mass is 502 g/mol. The highest BCUT2D eigenvalue weighted by molar-refractivity contribution is 6.00. The van der Waals surface area contributed by atoms with Crippen molar-refractivity contribution in [2.24, 2.45) is 0 Å². The lowest BCUT2D eigenvalue weighted by atomic mass is 10.0. The van der Waals surface area contributed by atoms with Gasteiger partial charge in [0.05, 0.1) is 11.3 Å². The van der Waals surface area contributed by atoms with E-state index >= 15 is 0 Å². The first-order valence-electron chi connectivity index (χ1n) is 12.7. The summed E-state index contributed by atoms with van der Waals surface area (Å²) in [6.07, 6.45) is 13.4. The minimum atomic E-state index is -0.442. The number of carbonyl (C=O) groups is 1. The zero-order valence-corrected chi connectivity index (χ0v) is 21.2. The molecular weight excluding hydrogens is 471 g/mol. The number of allylic oxidation sites excluding steroid dienone is 4. The van der Waals surface area contributed by atoms with Gasteiger partial charge in [0.25, 0.3) is 5.91 Å². The van der Waals surface area contributed by atoms with Crippen LogP contribution in [0.5, 0.6) is 0 Å². The number of anilines is 1. The summed E-state index contributed by atoms with van der Waals surface area (Å²) in [5.41, 5.74) is 3.03. The average Bonchev–Trinajstić information content (AvgIpc) is 3.39. The van der Waals surface area contributed by atoms with Gasteiger partial charge in [-0.1, -0.05) is 30.4 Å². The normalized spacial score (nSPS) is 16.5. The van der Waals surface area contributed by atoms with Crippen LogP contribution in [0.25, 0.3) is 11.3 Å². The van der Waals surface area contributed by atoms with E-state index in [9.17, 15) is 9.18 Å². The van der Waals surface area contributed by atoms with Crippen molar-refractivity contribution in [2.45, 2.75) is 45.6 Å². The smallest absolute Gasteiger partial charge is 0.258 e. The van der Waals surface area contributed by atoms with E-state index in [1.807, 2.05) is 19.9 Å². The molecule has 2 heterocycles. The van der Waals surface area contributed by atoms with Gasteiger partial charge in [-0.15, -0.1) is 0 Å². The van der Waals surface area contributed by atoms with Crippen LogP contribution in [-0.4, -0.2) is 46.7 Å². The van der Waals surface area contributed by atoms with Gasteiger partial charge in [0, 0.05) is 37.3 Å². The van der Waals surface area contributed by atoms with E-state index in [4.69, 9.17) is 9.47 Å². The van der Waals surface area contributed by atoms with Crippen molar-refractivity contribution in [1.82, 2.24) is 14.9 Å². The van der Waals surface area contributed by atoms with Crippen LogP contribution in [0.3, 0.4) is 0 Å². The lowest BCUT2D eigenvalue weighted by molar-refractivity contribution is 0.0721. The highest BCUT2D eigenvalue weighted by Gasteiger charge is 2.26. The van der Waals surface area contributed by atoms with Crippen molar-refractivity contribution in [3.05, 3.63) is 88.8 Å². The Morgan fingerprint density at radius 3 is 2.84 bits per heavy atom. The fourth-order valence-electron chi connectivity index (χ4n) is 4.60. The molecule has 1 aromatic heterocycles. The molecule has 7 nitrogen and oxygen atoms in total. The molecule has 2 aliphatic carbocycles. The van der Waals surface area contributed by atoms with E-state index < -0.39 is 5.82 Å². The molecule has 192 valence electrons. The molecule has 2 aromatic rings. The van der Waals surface area contributed by atoms with Crippen LogP contribution < -0.4 is 5.32 Å². The van der Waals surface area contributed by atoms with Gasteiger partial charge in [0.1, 0.15) is 11.6 Å². The molecule has 1 aliphatic heterocycles. The first-order chi connectivity index (χ1) is 18.0. The van der Waals surface area contributed by atoms with Gasteiger partial charge in [-0.25, -0.2) is 14.4 Å². The van der Waals surface area contributed by atoms with Gasteiger partial charge in [0.2, 0.25) is 12.7 Å². The Morgan fingerprint density at radius 2 is 2.05 bits per heavy atom. The van der Waals surface area contributed by atoms with Crippen LogP contribution in [0, 0.1) is 5.82 Å². The summed E-state index contributed by atoms with van der Waals surface area (Å²) in [6.45, 7) is 5.18. The maximum Gasteiger partial charge on any atom is 0.258 e. The molecule has 37 heavy (non-hydrogen) atoms. The van der Waals surface area contributed by atoms with Crippen molar-refractivity contribution in [2.75, 3.05) is 25.2 Å². The molecular formula is C29H31FN4O3. The lowest BCUT2D eigenvalue weighted by Crippen LogP contribution is -2.38. The van der Waals surface area contributed by atoms with Gasteiger partial charge in [-0.3, -0.25) is 4.79 Å². The Balaban J connectivity index is 1.43. The second-order valence-corrected chi connectivity index (χ2v) is 9.57. The number of carbonyl (C=O) groups excluding carboxylic acids is 1. The first-order valence-corrected chi connectivity index (χ1v) is 12.7. The molecule has 0 fully saturated rings. The molecule has 1 N–H and O–H groups in total. The number of rotatable bonds is 8. The second kappa shape index (κ2) is 11.0. The zero-order valence-electron chi connectivity index (χ0n) is 21.2. The van der Waals surface area contributed by atoms with Crippen LogP contribution in [0.4, 0.5) is 10.3 Å². The molecule has 1 aromatic carbocycles. The second-order valence-electron chi connectivity index (χ2n) is 9.57. The fourth-order valence-corrected chi connectivity index (χ4v) is 4.60. The molecule has 0 saturated carbocycles. The van der Waals surface area contributed by atoms with Crippen LogP contribution in [0.1, 0.15) is 49.9 Å². The van der Waals surface area contributed by atoms with Crippen molar-refractivity contribution >= 4 is 11.9 Å². The average molecular weight is 503 g/mol. The Bertz CT molecular complexity index is 1310. The lowest BCUT2D eigenvalue weighted by Gasteiger charge is -2.28. The highest BCUT2D eigenvalue weighted by Crippen LogP contribution is 2.30. The summed E-state index contributed by atoms with van der Waals surface area (Å²) in [5.74, 6) is 1.32. The first kappa shape index (κ1) is 24.7. The summed E-state index contributed by atoms with van der Waals surface area (Å²) in [6, 6.07) is 6.31. The number of nitrogens with one attached hydrogen (secondary N) is 1. The van der Waals surface area contributed by atoms with Crippen LogP contribution in [0.15, 0.2) is 77.4 Å². The predicted molar refractivity (Wildman–Crippen MR) is 140 cm³/mol. The SMILES string of the molecule is CC(C)N(CC1=CCCC=C1)C(=O)c1cnc(NCC2=CC3=C(CC2)OCO3)nc1-c1ccccc1F. The van der Waals surface area contributed by atoms with Crippen LogP contribution >= 0.6 is 0 Å². The standard InChI is InChI=1S/C29H31FN4O3/c1-19(2)34(17-20-8-4-3-5-9-20)28(35)23-16-32-29(33-27(23)22-10-6-7-11-24(22)30)31-15-21-12-13-25-26(14-21)37-18-36-25/h4,6-11,14,16,19H,3,5,12-13,15,17-18H2,1-2H3,(H,31,32,33). The van der Waals surface area contributed by atoms with E-state index in [0.29, 0.717) is 19.0 Å². The Morgan fingerprint density at radius 1 is 1.19 bits per heavy atom. The van der Waals surface area contributed by atoms with Crippen LogP contribution in [0.2, 0.25) is 0 Å². The molecule has 8 heteroatoms. The quantitative estimate of drug-likeness (QED) is 0.495. The third-order valence-corrected chi connectivity index (χ3v) is 6.66. The van der Waals surface area contributed by atoms with Crippen molar-refractivity contribution < 1.29 is 18.7 Å². The molecule has 0 saturated heterocycles. The largest absolute Gasteiger partial charge is 0.458 e. The Kier molecular flexibility index (Phi) is 7.35. The van der Waals surface area contributed by atoms with E-state index in [1.54, 1.807) is 23.1 Å². The fraction of sp³-hybridized carbons (Fsp3) is 0.345. The van der Waals surface area contributed by atoms with Gasteiger partial charge in [-0.05, 0) is 62.5 Å². The summed E-state index contributed by atoms with van der Waals surface area (Å²) < 4.78 is 25.9. The molecule has 0 spiro atoms. The number of aromatic nitrogens is 2. The number of hydrogen-bond donors (Lipinski definition) is 1. The van der Waals surface area contributed by atoms with Crippen LogP contribution in [-0.2, 0) is 9.47 Å². The number of ether oxygens (including phenoxy) is 2. The van der Waals surface area contributed by atoms with Gasteiger partial charge >= 0.3 is 0 Å². The number of nitrogens with zero attached hydrogens (tertiary/aromatic N) is 3. The van der Waals surface area contributed by atoms with Crippen molar-refractivity contribution in [3.8, 4) is 11.3 Å². The zero-order chi connectivity index (χ0) is 25.8. The van der Waals surface area contributed by atoms with Gasteiger partial charge in [-0.2, -0.15) is 0 Å². The number of halogens is 1. The van der Waals surface area contributed by atoms with E-state index in [2.05, 4.69) is 33.5 Å². The predicted octanol–water partition coefficient (Wildman–Crippen LogP) is 5.76. The molecule has 0 unspecified atom stereocenters. The summed E-state index contributed by atoms with van der Waals surface area (Å²) in [7, 11) is 0. The third-order valence-electron chi connectivity index (χ3n) is 6.66. The molecule has 0 bridgehead atoms. The minimum Gasteiger partial charge on any atom is -0.458 e. The van der Waals surface area contributed by atoms with E-state index in [0.717, 1.165) is 48.3 Å². The highest BCUT2D eigenvalue weighted by atomic mass is 19.1. The van der Waals surface area contributed by atoms with E-state index in [-0.39, 0.29) is 35.6 Å². The molecule has 0 radical (unpaired) electrons. The van der Waals surface area contributed by atoms with Crippen molar-refractivity contribution in [1.29, 1.82) is 0 Å². The topological polar surface area (TPSA) is 76.6 Å². The molecule has 1 amide bonds. The maximum atomic E-state index is 14.9. The number of hydrogen-bond acceptors (Lipinski definition) is 6. The number of benzene rings is 1. The summed E-state index contributed by atoms with van der Waals surface area (Å²) in [4.78, 5) is 24.6. The summed E-state index contributed by atoms with van der Waals surface area (Å²) in [5, 5.41) is 3.23. The van der Waals surface area contributed by atoms with Gasteiger partial charge in [0.15, 0.2) is 5.76 Å². The summed E-state index contributed by atoms with van der Waals surface area (Å²) >= 11 is 0. The maximum absolute atomic E-state index is 14.9. The minimum absolute atomic E-state index is 0.0609. The number of amides is 1. The molecule has 0 atom stereocenters. The Labute approximate surface area is 216 Å². The van der Waals surface area contributed by atoms with Crippen molar-refractivity contribution in [3.63, 3.8) is 0 Å².